The summed E-state index contributed by atoms with van der Waals surface area (Å²) in [4.78, 5) is 15.0. The minimum Gasteiger partial charge on any atom is -0.324 e. The molecule has 2 fully saturated rings. The minimum atomic E-state index is -3.36. The molecular formula is C18H27N3O3S2. The number of carbonyl (C=O) groups is 1. The second-order valence-corrected chi connectivity index (χ2v) is 10.2. The molecule has 2 aliphatic rings. The van der Waals surface area contributed by atoms with Gasteiger partial charge in [0.05, 0.1) is 6.26 Å². The number of thioether (sulfide) groups is 1. The Labute approximate surface area is 160 Å². The summed E-state index contributed by atoms with van der Waals surface area (Å²) in [5, 5.41) is 2.92. The number of anilines is 1. The fourth-order valence-corrected chi connectivity index (χ4v) is 5.70. The fourth-order valence-electron chi connectivity index (χ4n) is 3.60. The molecule has 6 nitrogen and oxygen atoms in total. The summed E-state index contributed by atoms with van der Waals surface area (Å²) in [6.07, 6.45) is 2.46. The van der Waals surface area contributed by atoms with Crippen molar-refractivity contribution >= 4 is 33.4 Å². The molecule has 1 N–H and O–H groups in total. The first kappa shape index (κ1) is 19.7. The van der Waals surface area contributed by atoms with E-state index in [1.54, 1.807) is 0 Å². The van der Waals surface area contributed by atoms with Crippen LogP contribution in [0.5, 0.6) is 0 Å². The summed E-state index contributed by atoms with van der Waals surface area (Å²) in [6, 6.07) is 5.49. The van der Waals surface area contributed by atoms with Gasteiger partial charge >= 0.3 is 0 Å². The van der Waals surface area contributed by atoms with Crippen LogP contribution in [0.2, 0.25) is 0 Å². The first-order valence-electron chi connectivity index (χ1n) is 9.02. The molecule has 1 atom stereocenters. The van der Waals surface area contributed by atoms with Gasteiger partial charge in [0.1, 0.15) is 6.04 Å². The van der Waals surface area contributed by atoms with E-state index in [4.69, 9.17) is 0 Å². The van der Waals surface area contributed by atoms with Crippen molar-refractivity contribution in [2.24, 2.45) is 0 Å². The van der Waals surface area contributed by atoms with Crippen molar-refractivity contribution in [3.8, 4) is 0 Å². The number of rotatable bonds is 5. The number of hydrogen-bond donors (Lipinski definition) is 1. The maximum absolute atomic E-state index is 12.6. The highest BCUT2D eigenvalue weighted by Crippen LogP contribution is 2.24. The molecule has 1 amide bonds. The molecule has 3 rings (SSSR count). The Bertz CT molecular complexity index is 761. The van der Waals surface area contributed by atoms with Crippen LogP contribution in [0, 0.1) is 6.92 Å². The Morgan fingerprint density at radius 2 is 2.00 bits per heavy atom. The number of amides is 1. The Morgan fingerprint density at radius 3 is 2.65 bits per heavy atom. The van der Waals surface area contributed by atoms with E-state index < -0.39 is 16.1 Å². The first-order chi connectivity index (χ1) is 12.3. The highest BCUT2D eigenvalue weighted by molar-refractivity contribution is 7.99. The molecule has 0 aliphatic carbocycles. The van der Waals surface area contributed by atoms with Crippen molar-refractivity contribution < 1.29 is 13.2 Å². The Morgan fingerprint density at radius 1 is 1.27 bits per heavy atom. The predicted molar refractivity (Wildman–Crippen MR) is 107 cm³/mol. The van der Waals surface area contributed by atoms with Gasteiger partial charge in [0.25, 0.3) is 0 Å². The number of sulfonamides is 1. The molecule has 0 spiro atoms. The van der Waals surface area contributed by atoms with E-state index in [0.717, 1.165) is 43.6 Å². The third kappa shape index (κ3) is 4.79. The second-order valence-electron chi connectivity index (χ2n) is 7.06. The van der Waals surface area contributed by atoms with E-state index in [0.29, 0.717) is 13.0 Å². The first-order valence-corrected chi connectivity index (χ1v) is 12.0. The highest BCUT2D eigenvalue weighted by Gasteiger charge is 2.36. The van der Waals surface area contributed by atoms with Crippen molar-refractivity contribution in [1.29, 1.82) is 0 Å². The molecule has 1 unspecified atom stereocenters. The lowest BCUT2D eigenvalue weighted by atomic mass is 10.1. The Hall–Kier alpha value is -1.09. The lowest BCUT2D eigenvalue weighted by Crippen LogP contribution is -2.42. The van der Waals surface area contributed by atoms with E-state index in [9.17, 15) is 13.2 Å². The van der Waals surface area contributed by atoms with Crippen LogP contribution < -0.4 is 5.32 Å². The van der Waals surface area contributed by atoms with Crippen molar-refractivity contribution in [1.82, 2.24) is 9.21 Å². The average Bonchev–Trinajstić information content (AvgIpc) is 3.08. The van der Waals surface area contributed by atoms with Crippen LogP contribution in [-0.2, 0) is 21.4 Å². The van der Waals surface area contributed by atoms with Crippen LogP contribution in [0.1, 0.15) is 24.0 Å². The standard InChI is InChI=1S/C18H27N3O3S2/c1-14-12-15(13-20-8-10-25-11-9-20)5-6-16(14)19-18(22)17-4-3-7-21(17)26(2,23)24/h5-6,12,17H,3-4,7-11,13H2,1-2H3,(H,19,22). The maximum atomic E-state index is 12.6. The van der Waals surface area contributed by atoms with Gasteiger partial charge in [0.15, 0.2) is 0 Å². The smallest absolute Gasteiger partial charge is 0.242 e. The van der Waals surface area contributed by atoms with Gasteiger partial charge in [-0.2, -0.15) is 16.1 Å². The van der Waals surface area contributed by atoms with Crippen molar-refractivity contribution in [3.63, 3.8) is 0 Å². The monoisotopic (exact) mass is 397 g/mol. The van der Waals surface area contributed by atoms with Crippen molar-refractivity contribution in [2.45, 2.75) is 32.4 Å². The highest BCUT2D eigenvalue weighted by atomic mass is 32.2. The molecule has 0 bridgehead atoms. The van der Waals surface area contributed by atoms with Gasteiger partial charge in [-0.3, -0.25) is 9.69 Å². The molecule has 8 heteroatoms. The van der Waals surface area contributed by atoms with Gasteiger partial charge < -0.3 is 5.32 Å². The van der Waals surface area contributed by atoms with Gasteiger partial charge in [-0.1, -0.05) is 12.1 Å². The van der Waals surface area contributed by atoms with E-state index in [1.165, 1.54) is 21.4 Å². The summed E-state index contributed by atoms with van der Waals surface area (Å²) < 4.78 is 25.0. The number of aryl methyl sites for hydroxylation is 1. The lowest BCUT2D eigenvalue weighted by Gasteiger charge is -2.26. The van der Waals surface area contributed by atoms with Gasteiger partial charge in [-0.15, -0.1) is 0 Å². The van der Waals surface area contributed by atoms with Crippen molar-refractivity contribution in [3.05, 3.63) is 29.3 Å². The number of hydrogen-bond acceptors (Lipinski definition) is 5. The minimum absolute atomic E-state index is 0.239. The maximum Gasteiger partial charge on any atom is 0.242 e. The SMILES string of the molecule is Cc1cc(CN2CCSCC2)ccc1NC(=O)C1CCCN1S(C)(=O)=O. The van der Waals surface area contributed by atoms with Crippen LogP contribution in [0.3, 0.4) is 0 Å². The van der Waals surface area contributed by atoms with Crippen molar-refractivity contribution in [2.75, 3.05) is 42.7 Å². The topological polar surface area (TPSA) is 69.7 Å². The lowest BCUT2D eigenvalue weighted by molar-refractivity contribution is -0.119. The molecule has 2 saturated heterocycles. The summed E-state index contributed by atoms with van der Waals surface area (Å²) in [5.41, 5.74) is 3.01. The number of benzene rings is 1. The van der Waals surface area contributed by atoms with Crippen LogP contribution in [0.25, 0.3) is 0 Å². The molecule has 2 aliphatic heterocycles. The molecule has 0 saturated carbocycles. The fraction of sp³-hybridized carbons (Fsp3) is 0.611. The van der Waals surface area contributed by atoms with Gasteiger partial charge in [-0.05, 0) is 37.0 Å². The van der Waals surface area contributed by atoms with Crippen LogP contribution in [-0.4, -0.2) is 67.0 Å². The Kier molecular flexibility index (Phi) is 6.27. The zero-order valence-electron chi connectivity index (χ0n) is 15.4. The largest absolute Gasteiger partial charge is 0.324 e. The molecule has 0 radical (unpaired) electrons. The quantitative estimate of drug-likeness (QED) is 0.822. The average molecular weight is 398 g/mol. The zero-order chi connectivity index (χ0) is 18.7. The molecule has 0 aromatic heterocycles. The van der Waals surface area contributed by atoms with Gasteiger partial charge in [0, 0.05) is 43.4 Å². The summed E-state index contributed by atoms with van der Waals surface area (Å²) in [5.74, 6) is 2.13. The molecule has 1 aromatic rings. The molecule has 2 heterocycles. The summed E-state index contributed by atoms with van der Waals surface area (Å²) in [6.45, 7) is 5.56. The molecular weight excluding hydrogens is 370 g/mol. The van der Waals surface area contributed by atoms with Gasteiger partial charge in [-0.25, -0.2) is 8.42 Å². The molecule has 144 valence electrons. The normalized spacial score (nSPS) is 22.5. The summed E-state index contributed by atoms with van der Waals surface area (Å²) >= 11 is 2.00. The van der Waals surface area contributed by atoms with Gasteiger partial charge in [0.2, 0.25) is 15.9 Å². The number of nitrogens with zero attached hydrogens (tertiary/aromatic N) is 2. The van der Waals surface area contributed by atoms with Crippen LogP contribution >= 0.6 is 11.8 Å². The van der Waals surface area contributed by atoms with E-state index in [2.05, 4.69) is 16.3 Å². The number of nitrogens with one attached hydrogen (secondary N) is 1. The van der Waals surface area contributed by atoms with E-state index in [1.807, 2.05) is 30.8 Å². The van der Waals surface area contributed by atoms with E-state index >= 15 is 0 Å². The third-order valence-electron chi connectivity index (χ3n) is 4.99. The van der Waals surface area contributed by atoms with E-state index in [-0.39, 0.29) is 5.91 Å². The molecule has 26 heavy (non-hydrogen) atoms. The van der Waals surface area contributed by atoms with Crippen LogP contribution in [0.15, 0.2) is 18.2 Å². The summed E-state index contributed by atoms with van der Waals surface area (Å²) in [7, 11) is -3.36. The number of carbonyl (C=O) groups excluding carboxylic acids is 1. The third-order valence-corrected chi connectivity index (χ3v) is 7.22. The Balaban J connectivity index is 1.65. The second kappa shape index (κ2) is 8.29. The zero-order valence-corrected chi connectivity index (χ0v) is 17.0. The predicted octanol–water partition coefficient (Wildman–Crippen LogP) is 1.91. The molecule has 1 aromatic carbocycles. The van der Waals surface area contributed by atoms with Crippen LogP contribution in [0.4, 0.5) is 5.69 Å².